The lowest BCUT2D eigenvalue weighted by Crippen LogP contribution is -2.00. The lowest BCUT2D eigenvalue weighted by Gasteiger charge is -2.09. The van der Waals surface area contributed by atoms with E-state index in [0.29, 0.717) is 17.3 Å². The minimum absolute atomic E-state index is 0.360. The van der Waals surface area contributed by atoms with E-state index in [0.717, 1.165) is 10.0 Å². The van der Waals surface area contributed by atoms with Gasteiger partial charge in [0.05, 0.1) is 0 Å². The number of aromatic hydroxyl groups is 1. The summed E-state index contributed by atoms with van der Waals surface area (Å²) in [5.74, 6) is -1.01. The maximum absolute atomic E-state index is 13.1. The number of hydrogen-bond donors (Lipinski definition) is 2. The molecule has 5 heteroatoms. The Hall–Kier alpha value is -1.26. The SMILES string of the molecule is Oc1ccc(NCc2cc(Br)ccc2Cl)cc1F. The number of benzene rings is 2. The maximum Gasteiger partial charge on any atom is 0.166 e. The molecule has 2 N–H and O–H groups in total. The van der Waals surface area contributed by atoms with E-state index in [1.165, 1.54) is 12.1 Å². The zero-order valence-corrected chi connectivity index (χ0v) is 11.6. The van der Waals surface area contributed by atoms with Gasteiger partial charge in [0.15, 0.2) is 11.6 Å². The summed E-state index contributed by atoms with van der Waals surface area (Å²) >= 11 is 9.41. The van der Waals surface area contributed by atoms with Crippen molar-refractivity contribution in [2.75, 3.05) is 5.32 Å². The summed E-state index contributed by atoms with van der Waals surface area (Å²) in [7, 11) is 0. The highest BCUT2D eigenvalue weighted by atomic mass is 79.9. The van der Waals surface area contributed by atoms with Gasteiger partial charge in [-0.15, -0.1) is 0 Å². The molecule has 0 aromatic heterocycles. The van der Waals surface area contributed by atoms with Gasteiger partial charge in [-0.1, -0.05) is 27.5 Å². The molecule has 0 aliphatic rings. The zero-order valence-electron chi connectivity index (χ0n) is 9.25. The monoisotopic (exact) mass is 329 g/mol. The number of rotatable bonds is 3. The minimum Gasteiger partial charge on any atom is -0.505 e. The second kappa shape index (κ2) is 5.59. The van der Waals surface area contributed by atoms with Crippen molar-refractivity contribution in [3.05, 3.63) is 57.3 Å². The predicted molar refractivity (Wildman–Crippen MR) is 74.5 cm³/mol. The van der Waals surface area contributed by atoms with Crippen LogP contribution in [-0.4, -0.2) is 5.11 Å². The van der Waals surface area contributed by atoms with E-state index in [1.807, 2.05) is 12.1 Å². The number of phenolic OH excluding ortho intramolecular Hbond substituents is 1. The van der Waals surface area contributed by atoms with Gasteiger partial charge in [0.1, 0.15) is 0 Å². The lowest BCUT2D eigenvalue weighted by atomic mass is 10.2. The highest BCUT2D eigenvalue weighted by Crippen LogP contribution is 2.23. The molecule has 2 rings (SSSR count). The third kappa shape index (κ3) is 3.15. The number of hydrogen-bond acceptors (Lipinski definition) is 2. The summed E-state index contributed by atoms with van der Waals surface area (Å²) in [6, 6.07) is 9.68. The first kappa shape index (κ1) is 13.2. The van der Waals surface area contributed by atoms with Gasteiger partial charge in [0.25, 0.3) is 0 Å². The Morgan fingerprint density at radius 1 is 1.22 bits per heavy atom. The van der Waals surface area contributed by atoms with Gasteiger partial charge in [0.2, 0.25) is 0 Å². The van der Waals surface area contributed by atoms with Gasteiger partial charge >= 0.3 is 0 Å². The molecule has 0 amide bonds. The highest BCUT2D eigenvalue weighted by Gasteiger charge is 2.04. The molecule has 0 spiro atoms. The van der Waals surface area contributed by atoms with Gasteiger partial charge in [0, 0.05) is 27.8 Å². The van der Waals surface area contributed by atoms with E-state index < -0.39 is 5.82 Å². The van der Waals surface area contributed by atoms with Crippen LogP contribution in [0.1, 0.15) is 5.56 Å². The summed E-state index contributed by atoms with van der Waals surface area (Å²) in [5.41, 5.74) is 1.49. The molecule has 0 bridgehead atoms. The van der Waals surface area contributed by atoms with Crippen molar-refractivity contribution >= 4 is 33.2 Å². The Kier molecular flexibility index (Phi) is 4.09. The standard InChI is InChI=1S/C13H10BrClFNO/c14-9-1-3-11(15)8(5-9)7-17-10-2-4-13(18)12(16)6-10/h1-6,17-18H,7H2. The first-order valence-corrected chi connectivity index (χ1v) is 6.39. The fourth-order valence-corrected chi connectivity index (χ4v) is 2.09. The molecule has 2 aromatic rings. The molecule has 94 valence electrons. The Morgan fingerprint density at radius 2 is 2.00 bits per heavy atom. The van der Waals surface area contributed by atoms with Crippen LogP contribution in [0.5, 0.6) is 5.75 Å². The largest absolute Gasteiger partial charge is 0.505 e. The van der Waals surface area contributed by atoms with Crippen LogP contribution in [0.4, 0.5) is 10.1 Å². The van der Waals surface area contributed by atoms with Crippen LogP contribution in [0, 0.1) is 5.82 Å². The summed E-state index contributed by atoms with van der Waals surface area (Å²) in [6.07, 6.45) is 0. The van der Waals surface area contributed by atoms with Crippen molar-refractivity contribution in [1.29, 1.82) is 0 Å². The van der Waals surface area contributed by atoms with Crippen LogP contribution in [0.25, 0.3) is 0 Å². The summed E-state index contributed by atoms with van der Waals surface area (Å²) in [5, 5.41) is 12.8. The van der Waals surface area contributed by atoms with Crippen LogP contribution >= 0.6 is 27.5 Å². The molecule has 0 radical (unpaired) electrons. The van der Waals surface area contributed by atoms with Gasteiger partial charge in [-0.3, -0.25) is 0 Å². The summed E-state index contributed by atoms with van der Waals surface area (Å²) in [4.78, 5) is 0. The van der Waals surface area contributed by atoms with Crippen molar-refractivity contribution in [2.45, 2.75) is 6.54 Å². The highest BCUT2D eigenvalue weighted by molar-refractivity contribution is 9.10. The predicted octanol–water partition coefficient (Wildman–Crippen LogP) is 4.56. The molecule has 18 heavy (non-hydrogen) atoms. The van der Waals surface area contributed by atoms with E-state index in [9.17, 15) is 4.39 Å². The molecule has 2 aromatic carbocycles. The molecule has 0 aliphatic heterocycles. The number of phenols is 1. The molecule has 0 aliphatic carbocycles. The van der Waals surface area contributed by atoms with Crippen LogP contribution in [-0.2, 0) is 6.54 Å². The molecular formula is C13H10BrClFNO. The smallest absolute Gasteiger partial charge is 0.166 e. The molecule has 2 nitrogen and oxygen atoms in total. The topological polar surface area (TPSA) is 32.3 Å². The summed E-state index contributed by atoms with van der Waals surface area (Å²) in [6.45, 7) is 0.475. The minimum atomic E-state index is -0.652. The number of nitrogens with one attached hydrogen (secondary N) is 1. The van der Waals surface area contributed by atoms with Crippen LogP contribution in [0.3, 0.4) is 0 Å². The molecule has 0 heterocycles. The fourth-order valence-electron chi connectivity index (χ4n) is 1.49. The van der Waals surface area contributed by atoms with E-state index in [-0.39, 0.29) is 5.75 Å². The van der Waals surface area contributed by atoms with Crippen molar-refractivity contribution < 1.29 is 9.50 Å². The fraction of sp³-hybridized carbons (Fsp3) is 0.0769. The average Bonchev–Trinajstić information content (AvgIpc) is 2.34. The third-order valence-corrected chi connectivity index (χ3v) is 3.30. The second-order valence-electron chi connectivity index (χ2n) is 3.76. The van der Waals surface area contributed by atoms with Crippen molar-refractivity contribution in [3.8, 4) is 5.75 Å². The average molecular weight is 331 g/mol. The van der Waals surface area contributed by atoms with E-state index in [4.69, 9.17) is 16.7 Å². The quantitative estimate of drug-likeness (QED) is 0.809. The first-order chi connectivity index (χ1) is 8.56. The molecular weight excluding hydrogens is 321 g/mol. The van der Waals surface area contributed by atoms with Crippen molar-refractivity contribution in [2.24, 2.45) is 0 Å². The first-order valence-electron chi connectivity index (χ1n) is 5.22. The van der Waals surface area contributed by atoms with Gasteiger partial charge < -0.3 is 10.4 Å². The molecule has 0 atom stereocenters. The molecule has 0 fully saturated rings. The van der Waals surface area contributed by atoms with E-state index >= 15 is 0 Å². The Bertz CT molecular complexity index is 577. The Balaban J connectivity index is 2.11. The Labute approximate surface area is 118 Å². The number of halogens is 3. The number of anilines is 1. The third-order valence-electron chi connectivity index (χ3n) is 2.44. The van der Waals surface area contributed by atoms with Crippen molar-refractivity contribution in [1.82, 2.24) is 0 Å². The normalized spacial score (nSPS) is 10.4. The van der Waals surface area contributed by atoms with Gasteiger partial charge in [-0.05, 0) is 35.9 Å². The zero-order chi connectivity index (χ0) is 13.1. The van der Waals surface area contributed by atoms with Crippen LogP contribution in [0.15, 0.2) is 40.9 Å². The lowest BCUT2D eigenvalue weighted by molar-refractivity contribution is 0.432. The molecule has 0 unspecified atom stereocenters. The van der Waals surface area contributed by atoms with Gasteiger partial charge in [-0.2, -0.15) is 0 Å². The maximum atomic E-state index is 13.1. The molecule has 0 saturated carbocycles. The van der Waals surface area contributed by atoms with Gasteiger partial charge in [-0.25, -0.2) is 4.39 Å². The van der Waals surface area contributed by atoms with Crippen LogP contribution in [0.2, 0.25) is 5.02 Å². The Morgan fingerprint density at radius 3 is 2.72 bits per heavy atom. The molecule has 0 saturated heterocycles. The van der Waals surface area contributed by atoms with E-state index in [1.54, 1.807) is 12.1 Å². The van der Waals surface area contributed by atoms with Crippen molar-refractivity contribution in [3.63, 3.8) is 0 Å². The van der Waals surface area contributed by atoms with Crippen LogP contribution < -0.4 is 5.32 Å². The second-order valence-corrected chi connectivity index (χ2v) is 5.08. The van der Waals surface area contributed by atoms with E-state index in [2.05, 4.69) is 21.2 Å². The summed E-state index contributed by atoms with van der Waals surface area (Å²) < 4.78 is 14.1.